The molecule has 0 aromatic heterocycles. The van der Waals surface area contributed by atoms with Crippen molar-refractivity contribution in [1.82, 2.24) is 4.72 Å². The van der Waals surface area contributed by atoms with Crippen LogP contribution in [0.1, 0.15) is 0 Å². The normalized spacial score (nSPS) is 32.8. The number of aliphatic hydroxyl groups excluding tert-OH is 2. The molecule has 11 nitrogen and oxygen atoms in total. The van der Waals surface area contributed by atoms with Crippen molar-refractivity contribution in [3.63, 3.8) is 0 Å². The summed E-state index contributed by atoms with van der Waals surface area (Å²) in [5.41, 5.74) is 0. The Labute approximate surface area is 109 Å². The van der Waals surface area contributed by atoms with Gasteiger partial charge in [-0.1, -0.05) is 0 Å². The smallest absolute Gasteiger partial charge is 0.387 e. The monoisotopic (exact) mass is 322 g/mol. The third kappa shape index (κ3) is 5.55. The average Bonchev–Trinajstić information content (AvgIpc) is 2.21. The maximum atomic E-state index is 10.5. The first kappa shape index (κ1) is 16.5. The first-order chi connectivity index (χ1) is 8.49. The molecule has 0 spiro atoms. The summed E-state index contributed by atoms with van der Waals surface area (Å²) in [6, 6.07) is -1.44. The third-order valence-corrected chi connectivity index (χ3v) is 3.17. The van der Waals surface area contributed by atoms with Crippen molar-refractivity contribution in [2.45, 2.75) is 24.4 Å². The lowest BCUT2D eigenvalue weighted by Gasteiger charge is -2.29. The standard InChI is InChI=1S/C6H11NO10S2/c8-5-3(7-18(10,11)12)1-16-4(6(5)9)2-17-19(13,14)15/h1,3-9H,2H2,(H-,10,11,12,13,14,15)/p+1/t3-,4+,5+,6+/m0/s1. The van der Waals surface area contributed by atoms with Crippen molar-refractivity contribution < 1.29 is 45.1 Å². The van der Waals surface area contributed by atoms with Gasteiger partial charge < -0.3 is 10.2 Å². The first-order valence-corrected chi connectivity index (χ1v) is 7.51. The summed E-state index contributed by atoms with van der Waals surface area (Å²) in [7, 11) is -9.38. The quantitative estimate of drug-likeness (QED) is 0.256. The van der Waals surface area contributed by atoms with Crippen LogP contribution in [0.15, 0.2) is 0 Å². The van der Waals surface area contributed by atoms with Crippen LogP contribution in [0.4, 0.5) is 0 Å². The van der Waals surface area contributed by atoms with Crippen LogP contribution >= 0.6 is 0 Å². The number of nitrogens with one attached hydrogen (secondary N) is 1. The van der Waals surface area contributed by atoms with Crippen LogP contribution in [0.25, 0.3) is 0 Å². The molecule has 5 N–H and O–H groups in total. The molecule has 112 valence electrons. The Kier molecular flexibility index (Phi) is 5.10. The van der Waals surface area contributed by atoms with Crippen molar-refractivity contribution in [3.05, 3.63) is 6.61 Å². The molecule has 0 aliphatic carbocycles. The van der Waals surface area contributed by atoms with Gasteiger partial charge in [0.1, 0.15) is 18.8 Å². The molecule has 0 aromatic rings. The van der Waals surface area contributed by atoms with E-state index in [-0.39, 0.29) is 0 Å². The van der Waals surface area contributed by atoms with Crippen LogP contribution in [0.5, 0.6) is 0 Å². The summed E-state index contributed by atoms with van der Waals surface area (Å²) in [4.78, 5) is 0. The molecule has 0 amide bonds. The van der Waals surface area contributed by atoms with E-state index in [2.05, 4.69) is 4.18 Å². The van der Waals surface area contributed by atoms with Crippen LogP contribution in [0.3, 0.4) is 0 Å². The van der Waals surface area contributed by atoms with Crippen molar-refractivity contribution in [2.24, 2.45) is 0 Å². The minimum Gasteiger partial charge on any atom is -0.387 e. The highest BCUT2D eigenvalue weighted by Crippen LogP contribution is 2.19. The van der Waals surface area contributed by atoms with Crippen molar-refractivity contribution in [2.75, 3.05) is 6.61 Å². The largest absolute Gasteiger partial charge is 0.397 e. The van der Waals surface area contributed by atoms with E-state index in [0.717, 1.165) is 6.61 Å². The average molecular weight is 322 g/mol. The van der Waals surface area contributed by atoms with Crippen LogP contribution in [-0.4, -0.2) is 67.1 Å². The van der Waals surface area contributed by atoms with E-state index in [1.807, 2.05) is 0 Å². The summed E-state index contributed by atoms with van der Waals surface area (Å²) in [5.74, 6) is 0. The number of hydrogen-bond donors (Lipinski definition) is 5. The van der Waals surface area contributed by atoms with E-state index in [1.165, 1.54) is 0 Å². The molecule has 0 radical (unpaired) electrons. The zero-order valence-electron chi connectivity index (χ0n) is 9.15. The lowest BCUT2D eigenvalue weighted by atomic mass is 9.99. The van der Waals surface area contributed by atoms with Crippen LogP contribution in [0, 0.1) is 6.61 Å². The molecule has 0 bridgehead atoms. The highest BCUT2D eigenvalue weighted by atomic mass is 32.3. The van der Waals surface area contributed by atoms with Gasteiger partial charge in [0.25, 0.3) is 0 Å². The fraction of sp³-hybridized carbons (Fsp3) is 0.833. The van der Waals surface area contributed by atoms with Crippen LogP contribution in [0.2, 0.25) is 0 Å². The second kappa shape index (κ2) is 5.86. The van der Waals surface area contributed by atoms with Gasteiger partial charge in [-0.3, -0.25) is 9.11 Å². The fourth-order valence-corrected chi connectivity index (χ4v) is 2.18. The summed E-state index contributed by atoms with van der Waals surface area (Å²) >= 11 is 0. The second-order valence-electron chi connectivity index (χ2n) is 3.62. The Morgan fingerprint density at radius 3 is 2.21 bits per heavy atom. The predicted molar refractivity (Wildman–Crippen MR) is 57.2 cm³/mol. The SMILES string of the molecule is O=S(=O)(O)N[C@H]1[CH+]O[C@H](COS(=O)(=O)O)[C@@H](O)[C@@H]1O. The molecule has 13 heteroatoms. The fourth-order valence-electron chi connectivity index (χ4n) is 1.34. The van der Waals surface area contributed by atoms with Crippen molar-refractivity contribution in [1.29, 1.82) is 0 Å². The highest BCUT2D eigenvalue weighted by Gasteiger charge is 2.47. The minimum atomic E-state index is -4.74. The Hall–Kier alpha value is -0.510. The molecule has 1 aliphatic heterocycles. The van der Waals surface area contributed by atoms with Gasteiger partial charge in [-0.15, -0.1) is 4.72 Å². The number of rotatable bonds is 5. The van der Waals surface area contributed by atoms with Gasteiger partial charge in [0.05, 0.1) is 0 Å². The maximum absolute atomic E-state index is 10.5. The number of aliphatic hydroxyl groups is 2. The number of hydrogen-bond acceptors (Lipinski definition) is 8. The number of ether oxygens (including phenoxy) is 1. The molecular weight excluding hydrogens is 310 g/mol. The zero-order chi connectivity index (χ0) is 14.8. The molecule has 0 unspecified atom stereocenters. The van der Waals surface area contributed by atoms with Gasteiger partial charge in [-0.25, -0.2) is 4.18 Å². The van der Waals surface area contributed by atoms with E-state index in [1.54, 1.807) is 4.72 Å². The first-order valence-electron chi connectivity index (χ1n) is 4.71. The molecule has 19 heavy (non-hydrogen) atoms. The highest BCUT2D eigenvalue weighted by molar-refractivity contribution is 7.83. The van der Waals surface area contributed by atoms with Gasteiger partial charge in [-0.2, -0.15) is 21.6 Å². The Balaban J connectivity index is 2.62. The molecule has 4 atom stereocenters. The van der Waals surface area contributed by atoms with Crippen molar-refractivity contribution in [3.8, 4) is 0 Å². The predicted octanol–water partition coefficient (Wildman–Crippen LogP) is -3.15. The lowest BCUT2D eigenvalue weighted by Crippen LogP contribution is -2.58. The molecule has 0 saturated carbocycles. The molecule has 1 heterocycles. The van der Waals surface area contributed by atoms with Crippen molar-refractivity contribution >= 4 is 20.7 Å². The molecule has 1 aliphatic rings. The van der Waals surface area contributed by atoms with Gasteiger partial charge in [0.15, 0.2) is 6.10 Å². The van der Waals surface area contributed by atoms with Crippen LogP contribution < -0.4 is 4.72 Å². The summed E-state index contributed by atoms with van der Waals surface area (Å²) in [6.45, 7) is -0.0602. The van der Waals surface area contributed by atoms with Gasteiger partial charge in [0, 0.05) is 0 Å². The van der Waals surface area contributed by atoms with Gasteiger partial charge >= 0.3 is 20.7 Å². The van der Waals surface area contributed by atoms with Crippen LogP contribution in [-0.2, 0) is 29.6 Å². The second-order valence-corrected chi connectivity index (χ2v) is 5.90. The summed E-state index contributed by atoms with van der Waals surface area (Å²) < 4.78 is 68.8. The van der Waals surface area contributed by atoms with E-state index in [9.17, 15) is 27.0 Å². The van der Waals surface area contributed by atoms with Gasteiger partial charge in [0.2, 0.25) is 12.6 Å². The molecular formula is C6H12NO10S2+. The molecule has 1 rings (SSSR count). The zero-order valence-corrected chi connectivity index (χ0v) is 10.8. The van der Waals surface area contributed by atoms with E-state index >= 15 is 0 Å². The van der Waals surface area contributed by atoms with Gasteiger partial charge in [-0.05, 0) is 0 Å². The Bertz CT molecular complexity index is 498. The lowest BCUT2D eigenvalue weighted by molar-refractivity contribution is -0.132. The maximum Gasteiger partial charge on any atom is 0.397 e. The van der Waals surface area contributed by atoms with E-state index in [4.69, 9.17) is 13.8 Å². The third-order valence-electron chi connectivity index (χ3n) is 2.16. The molecule has 1 fully saturated rings. The summed E-state index contributed by atoms with van der Waals surface area (Å²) in [5, 5.41) is 19.1. The minimum absolute atomic E-state index is 0.739. The Morgan fingerprint density at radius 2 is 1.74 bits per heavy atom. The Morgan fingerprint density at radius 1 is 1.16 bits per heavy atom. The summed E-state index contributed by atoms with van der Waals surface area (Å²) in [6.07, 6.45) is -4.78. The molecule has 0 aromatic carbocycles. The topological polar surface area (TPSA) is 180 Å². The van der Waals surface area contributed by atoms with E-state index in [0.29, 0.717) is 0 Å². The van der Waals surface area contributed by atoms with E-state index < -0.39 is 51.7 Å². The molecule has 1 saturated heterocycles.